The fraction of sp³-hybridized carbons (Fsp3) is 0.462. The number of hydrogen-bond acceptors (Lipinski definition) is 4. The fourth-order valence-corrected chi connectivity index (χ4v) is 1.87. The predicted octanol–water partition coefficient (Wildman–Crippen LogP) is 2.38. The summed E-state index contributed by atoms with van der Waals surface area (Å²) in [5.41, 5.74) is 8.56. The van der Waals surface area contributed by atoms with Crippen molar-refractivity contribution in [3.05, 3.63) is 23.8 Å². The van der Waals surface area contributed by atoms with Gasteiger partial charge < -0.3 is 5.73 Å². The normalized spacial score (nSPS) is 11.8. The minimum atomic E-state index is -0.114. The summed E-state index contributed by atoms with van der Waals surface area (Å²) in [6, 6.07) is 5.88. The number of benzene rings is 1. The number of nitrogens with two attached hydrogens (primary N) is 1. The highest BCUT2D eigenvalue weighted by atomic mass is 15.6. The monoisotopic (exact) mass is 245 g/mol. The van der Waals surface area contributed by atoms with Crippen LogP contribution < -0.4 is 5.73 Å². The molecule has 18 heavy (non-hydrogen) atoms. The highest BCUT2D eigenvalue weighted by molar-refractivity contribution is 5.62. The largest absolute Gasteiger partial charge is 0.399 e. The number of hydrogen-bond donors (Lipinski definition) is 1. The SMILES string of the molecule is CCC(C)(C)n1nnnc1-c1cc(C)cc(N)c1. The van der Waals surface area contributed by atoms with Gasteiger partial charge in [0.2, 0.25) is 0 Å². The lowest BCUT2D eigenvalue weighted by atomic mass is 10.0. The van der Waals surface area contributed by atoms with E-state index in [-0.39, 0.29) is 5.54 Å². The third-order valence-corrected chi connectivity index (χ3v) is 3.27. The van der Waals surface area contributed by atoms with Crippen LogP contribution in [0.5, 0.6) is 0 Å². The Morgan fingerprint density at radius 2 is 2.00 bits per heavy atom. The van der Waals surface area contributed by atoms with Gasteiger partial charge >= 0.3 is 0 Å². The zero-order valence-corrected chi connectivity index (χ0v) is 11.3. The van der Waals surface area contributed by atoms with Gasteiger partial charge in [-0.1, -0.05) is 6.92 Å². The molecule has 0 amide bonds. The zero-order valence-electron chi connectivity index (χ0n) is 11.3. The molecule has 5 nitrogen and oxygen atoms in total. The van der Waals surface area contributed by atoms with E-state index in [2.05, 4.69) is 36.3 Å². The summed E-state index contributed by atoms with van der Waals surface area (Å²) >= 11 is 0. The first-order chi connectivity index (χ1) is 8.44. The van der Waals surface area contributed by atoms with Gasteiger partial charge in [-0.15, -0.1) is 5.10 Å². The van der Waals surface area contributed by atoms with Crippen molar-refractivity contribution in [3.63, 3.8) is 0 Å². The summed E-state index contributed by atoms with van der Waals surface area (Å²) < 4.78 is 1.86. The highest BCUT2D eigenvalue weighted by Crippen LogP contribution is 2.26. The van der Waals surface area contributed by atoms with Gasteiger partial charge in [0, 0.05) is 11.3 Å². The summed E-state index contributed by atoms with van der Waals surface area (Å²) in [4.78, 5) is 0. The molecule has 2 aromatic rings. The first kappa shape index (κ1) is 12.5. The van der Waals surface area contributed by atoms with Gasteiger partial charge in [0.25, 0.3) is 0 Å². The zero-order chi connectivity index (χ0) is 13.3. The highest BCUT2D eigenvalue weighted by Gasteiger charge is 2.24. The number of rotatable bonds is 3. The number of anilines is 1. The molecule has 0 atom stereocenters. The van der Waals surface area contributed by atoms with Gasteiger partial charge in [-0.25, -0.2) is 4.68 Å². The smallest absolute Gasteiger partial charge is 0.182 e. The Kier molecular flexibility index (Phi) is 3.07. The molecule has 5 heteroatoms. The van der Waals surface area contributed by atoms with E-state index in [0.29, 0.717) is 0 Å². The average Bonchev–Trinajstić information content (AvgIpc) is 2.77. The molecule has 2 N–H and O–H groups in total. The van der Waals surface area contributed by atoms with Crippen LogP contribution in [0, 0.1) is 6.92 Å². The molecule has 0 aliphatic carbocycles. The van der Waals surface area contributed by atoms with Crippen LogP contribution in [-0.2, 0) is 5.54 Å². The summed E-state index contributed by atoms with van der Waals surface area (Å²) in [5, 5.41) is 12.0. The number of aryl methyl sites for hydroxylation is 1. The van der Waals surface area contributed by atoms with E-state index >= 15 is 0 Å². The molecule has 0 spiro atoms. The second-order valence-electron chi connectivity index (χ2n) is 5.21. The summed E-state index contributed by atoms with van der Waals surface area (Å²) in [7, 11) is 0. The van der Waals surface area contributed by atoms with Gasteiger partial charge in [0.05, 0.1) is 5.54 Å². The van der Waals surface area contributed by atoms with Crippen molar-refractivity contribution in [2.45, 2.75) is 39.7 Å². The van der Waals surface area contributed by atoms with Gasteiger partial charge in [-0.05, 0) is 61.4 Å². The summed E-state index contributed by atoms with van der Waals surface area (Å²) in [6.45, 7) is 8.37. The Bertz CT molecular complexity index is 536. The van der Waals surface area contributed by atoms with E-state index in [4.69, 9.17) is 5.73 Å². The second kappa shape index (κ2) is 4.40. The lowest BCUT2D eigenvalue weighted by molar-refractivity contribution is 0.305. The van der Waals surface area contributed by atoms with E-state index in [0.717, 1.165) is 29.1 Å². The molecule has 0 aliphatic rings. The third-order valence-electron chi connectivity index (χ3n) is 3.27. The van der Waals surface area contributed by atoms with Crippen LogP contribution in [0.25, 0.3) is 11.4 Å². The predicted molar refractivity (Wildman–Crippen MR) is 72.0 cm³/mol. The number of tetrazole rings is 1. The van der Waals surface area contributed by atoms with E-state index in [1.807, 2.05) is 29.8 Å². The van der Waals surface area contributed by atoms with Crippen molar-refractivity contribution in [2.75, 3.05) is 5.73 Å². The van der Waals surface area contributed by atoms with Crippen LogP contribution in [0.2, 0.25) is 0 Å². The Balaban J connectivity index is 2.55. The summed E-state index contributed by atoms with van der Waals surface area (Å²) in [5.74, 6) is 0.761. The maximum atomic E-state index is 5.88. The Labute approximate surface area is 107 Å². The van der Waals surface area contributed by atoms with Crippen LogP contribution in [0.1, 0.15) is 32.8 Å². The van der Waals surface area contributed by atoms with Crippen molar-refractivity contribution in [2.24, 2.45) is 0 Å². The first-order valence-corrected chi connectivity index (χ1v) is 6.10. The molecule has 1 aromatic carbocycles. The van der Waals surface area contributed by atoms with Crippen LogP contribution in [0.3, 0.4) is 0 Å². The molecular formula is C13H19N5. The summed E-state index contributed by atoms with van der Waals surface area (Å²) in [6.07, 6.45) is 0.951. The number of nitrogens with zero attached hydrogens (tertiary/aromatic N) is 4. The molecule has 0 bridgehead atoms. The standard InChI is InChI=1S/C13H19N5/c1-5-13(3,4)18-12(15-16-17-18)10-6-9(2)7-11(14)8-10/h6-8H,5,14H2,1-4H3. The van der Waals surface area contributed by atoms with Crippen molar-refractivity contribution in [1.29, 1.82) is 0 Å². The minimum absolute atomic E-state index is 0.114. The van der Waals surface area contributed by atoms with Crippen molar-refractivity contribution >= 4 is 5.69 Å². The van der Waals surface area contributed by atoms with Crippen LogP contribution in [0.15, 0.2) is 18.2 Å². The minimum Gasteiger partial charge on any atom is -0.399 e. The quantitative estimate of drug-likeness (QED) is 0.843. The number of nitrogen functional groups attached to an aromatic ring is 1. The maximum Gasteiger partial charge on any atom is 0.182 e. The van der Waals surface area contributed by atoms with E-state index in [9.17, 15) is 0 Å². The van der Waals surface area contributed by atoms with Crippen molar-refractivity contribution < 1.29 is 0 Å². The van der Waals surface area contributed by atoms with Crippen LogP contribution >= 0.6 is 0 Å². The maximum absolute atomic E-state index is 5.88. The Hall–Kier alpha value is -1.91. The third kappa shape index (κ3) is 2.20. The van der Waals surface area contributed by atoms with Crippen LogP contribution in [-0.4, -0.2) is 20.2 Å². The van der Waals surface area contributed by atoms with E-state index < -0.39 is 0 Å². The van der Waals surface area contributed by atoms with E-state index in [1.54, 1.807) is 0 Å². The molecule has 0 saturated carbocycles. The fourth-order valence-electron chi connectivity index (χ4n) is 1.87. The van der Waals surface area contributed by atoms with Gasteiger partial charge in [0.15, 0.2) is 5.82 Å². The molecule has 0 fully saturated rings. The lowest BCUT2D eigenvalue weighted by Gasteiger charge is -2.24. The Morgan fingerprint density at radius 1 is 1.28 bits per heavy atom. The molecule has 0 aliphatic heterocycles. The molecule has 0 unspecified atom stereocenters. The van der Waals surface area contributed by atoms with Gasteiger partial charge in [-0.3, -0.25) is 0 Å². The second-order valence-corrected chi connectivity index (χ2v) is 5.21. The average molecular weight is 245 g/mol. The van der Waals surface area contributed by atoms with E-state index in [1.165, 1.54) is 0 Å². The van der Waals surface area contributed by atoms with Crippen LogP contribution in [0.4, 0.5) is 5.69 Å². The van der Waals surface area contributed by atoms with Gasteiger partial charge in [0.1, 0.15) is 0 Å². The molecule has 2 rings (SSSR count). The molecule has 0 radical (unpaired) electrons. The van der Waals surface area contributed by atoms with Crippen molar-refractivity contribution in [1.82, 2.24) is 20.2 Å². The molecule has 1 heterocycles. The lowest BCUT2D eigenvalue weighted by Crippen LogP contribution is -2.27. The van der Waals surface area contributed by atoms with Gasteiger partial charge in [-0.2, -0.15) is 0 Å². The topological polar surface area (TPSA) is 69.6 Å². The first-order valence-electron chi connectivity index (χ1n) is 6.10. The molecular weight excluding hydrogens is 226 g/mol. The molecule has 0 saturated heterocycles. The molecule has 96 valence electrons. The Morgan fingerprint density at radius 3 is 2.61 bits per heavy atom. The molecule has 1 aromatic heterocycles. The number of aromatic nitrogens is 4. The van der Waals surface area contributed by atoms with Crippen molar-refractivity contribution in [3.8, 4) is 11.4 Å².